The largest absolute Gasteiger partial charge is 0.417 e. The molecular weight excluding hydrogens is 457 g/mol. The van der Waals surface area contributed by atoms with Gasteiger partial charge in [0.05, 0.1) is 16.8 Å². The highest BCUT2D eigenvalue weighted by Gasteiger charge is 2.34. The Labute approximate surface area is 152 Å². The number of aliphatic hydroxyl groups is 1. The molecule has 1 heterocycles. The molecule has 0 aliphatic carbocycles. The molecule has 1 amide bonds. The van der Waals surface area contributed by atoms with Crippen molar-refractivity contribution in [3.8, 4) is 0 Å². The van der Waals surface area contributed by atoms with E-state index in [-0.39, 0.29) is 12.2 Å². The first-order valence-electron chi connectivity index (χ1n) is 6.63. The summed E-state index contributed by atoms with van der Waals surface area (Å²) in [7, 11) is 0. The Balaban J connectivity index is 2.11. The Kier molecular flexibility index (Phi) is 6.00. The van der Waals surface area contributed by atoms with Crippen LogP contribution in [0.2, 0.25) is 0 Å². The summed E-state index contributed by atoms with van der Waals surface area (Å²) in [5, 5.41) is 12.4. The van der Waals surface area contributed by atoms with Crippen molar-refractivity contribution < 1.29 is 23.1 Å². The second-order valence-corrected chi connectivity index (χ2v) is 6.56. The zero-order chi connectivity index (χ0) is 17.9. The normalized spacial score (nSPS) is 12.8. The first-order chi connectivity index (χ1) is 11.2. The Morgan fingerprint density at radius 3 is 2.58 bits per heavy atom. The standard InChI is InChI=1S/C15H11Br2F3N2O2/c16-8-5-11(17)13(21-6-8)12(23)7-22-14(24)9-3-1-2-4-10(9)15(18,19)20/h1-6,12,23H,7H2,(H,22,24). The quantitative estimate of drug-likeness (QED) is 0.711. The van der Waals surface area contributed by atoms with Gasteiger partial charge in [-0.05, 0) is 50.1 Å². The number of aliphatic hydroxyl groups excluding tert-OH is 1. The molecule has 1 aromatic heterocycles. The third-order valence-corrected chi connectivity index (χ3v) is 4.15. The van der Waals surface area contributed by atoms with Crippen LogP contribution in [0.3, 0.4) is 0 Å². The van der Waals surface area contributed by atoms with Crippen LogP contribution in [0, 0.1) is 0 Å². The average molecular weight is 468 g/mol. The van der Waals surface area contributed by atoms with Gasteiger partial charge < -0.3 is 10.4 Å². The highest BCUT2D eigenvalue weighted by molar-refractivity contribution is 9.11. The van der Waals surface area contributed by atoms with Gasteiger partial charge in [-0.1, -0.05) is 12.1 Å². The lowest BCUT2D eigenvalue weighted by atomic mass is 10.1. The topological polar surface area (TPSA) is 62.2 Å². The molecule has 0 spiro atoms. The molecule has 0 saturated carbocycles. The third kappa shape index (κ3) is 4.55. The van der Waals surface area contributed by atoms with Crippen molar-refractivity contribution >= 4 is 37.8 Å². The van der Waals surface area contributed by atoms with E-state index in [1.165, 1.54) is 18.3 Å². The molecule has 2 N–H and O–H groups in total. The minimum atomic E-state index is -4.64. The van der Waals surface area contributed by atoms with E-state index in [9.17, 15) is 23.1 Å². The van der Waals surface area contributed by atoms with Gasteiger partial charge in [0.2, 0.25) is 0 Å². The predicted molar refractivity (Wildman–Crippen MR) is 88.4 cm³/mol. The molecule has 2 aromatic rings. The van der Waals surface area contributed by atoms with E-state index in [1.807, 2.05) is 0 Å². The molecule has 0 saturated heterocycles. The van der Waals surface area contributed by atoms with E-state index in [1.54, 1.807) is 6.07 Å². The van der Waals surface area contributed by atoms with Crippen LogP contribution in [-0.2, 0) is 6.18 Å². The van der Waals surface area contributed by atoms with Gasteiger partial charge in [-0.3, -0.25) is 9.78 Å². The number of benzene rings is 1. The van der Waals surface area contributed by atoms with E-state index in [4.69, 9.17) is 0 Å². The van der Waals surface area contributed by atoms with Gasteiger partial charge in [0.25, 0.3) is 5.91 Å². The highest BCUT2D eigenvalue weighted by Crippen LogP contribution is 2.32. The number of halogens is 5. The molecule has 2 rings (SSSR count). The van der Waals surface area contributed by atoms with Crippen LogP contribution in [0.15, 0.2) is 45.5 Å². The van der Waals surface area contributed by atoms with Gasteiger partial charge >= 0.3 is 6.18 Å². The maximum absolute atomic E-state index is 12.9. The molecule has 1 unspecified atom stereocenters. The van der Waals surface area contributed by atoms with Crippen LogP contribution in [0.1, 0.15) is 27.7 Å². The molecule has 0 radical (unpaired) electrons. The van der Waals surface area contributed by atoms with Crippen LogP contribution in [0.25, 0.3) is 0 Å². The second kappa shape index (κ2) is 7.62. The number of hydrogen-bond donors (Lipinski definition) is 2. The van der Waals surface area contributed by atoms with Crippen LogP contribution < -0.4 is 5.32 Å². The fourth-order valence-electron chi connectivity index (χ4n) is 1.98. The number of alkyl halides is 3. The highest BCUT2D eigenvalue weighted by atomic mass is 79.9. The van der Waals surface area contributed by atoms with Crippen molar-refractivity contribution in [2.45, 2.75) is 12.3 Å². The average Bonchev–Trinajstić information content (AvgIpc) is 2.51. The SMILES string of the molecule is O=C(NCC(O)c1ncc(Br)cc1Br)c1ccccc1C(F)(F)F. The van der Waals surface area contributed by atoms with E-state index in [0.29, 0.717) is 8.95 Å². The first kappa shape index (κ1) is 18.9. The summed E-state index contributed by atoms with van der Waals surface area (Å²) in [6, 6.07) is 6.12. The number of amides is 1. The summed E-state index contributed by atoms with van der Waals surface area (Å²) in [6.07, 6.45) is -4.35. The van der Waals surface area contributed by atoms with Crippen molar-refractivity contribution in [2.75, 3.05) is 6.54 Å². The number of nitrogens with zero attached hydrogens (tertiary/aromatic N) is 1. The molecule has 0 aliphatic rings. The molecule has 128 valence electrons. The van der Waals surface area contributed by atoms with E-state index >= 15 is 0 Å². The molecule has 24 heavy (non-hydrogen) atoms. The zero-order valence-corrected chi connectivity index (χ0v) is 15.1. The minimum absolute atomic E-state index is 0.266. The lowest BCUT2D eigenvalue weighted by Gasteiger charge is -2.15. The molecular formula is C15H11Br2F3N2O2. The van der Waals surface area contributed by atoms with E-state index in [2.05, 4.69) is 42.2 Å². The van der Waals surface area contributed by atoms with Gasteiger partial charge in [0, 0.05) is 21.7 Å². The summed E-state index contributed by atoms with van der Waals surface area (Å²) in [5.74, 6) is -0.921. The first-order valence-corrected chi connectivity index (χ1v) is 8.22. The van der Waals surface area contributed by atoms with E-state index < -0.39 is 29.3 Å². The molecule has 1 atom stereocenters. The number of aromatic nitrogens is 1. The fourth-order valence-corrected chi connectivity index (χ4v) is 3.23. The monoisotopic (exact) mass is 466 g/mol. The molecule has 0 fully saturated rings. The number of nitrogens with one attached hydrogen (secondary N) is 1. The second-order valence-electron chi connectivity index (χ2n) is 4.79. The number of carbonyl (C=O) groups is 1. The van der Waals surface area contributed by atoms with Crippen molar-refractivity contribution in [3.63, 3.8) is 0 Å². The summed E-state index contributed by atoms with van der Waals surface area (Å²) >= 11 is 6.44. The van der Waals surface area contributed by atoms with Gasteiger partial charge in [-0.2, -0.15) is 13.2 Å². The summed E-state index contributed by atoms with van der Waals surface area (Å²) in [4.78, 5) is 16.0. The van der Waals surface area contributed by atoms with Crippen LogP contribution in [0.4, 0.5) is 13.2 Å². The summed E-state index contributed by atoms with van der Waals surface area (Å²) in [5.41, 5.74) is -1.26. The van der Waals surface area contributed by atoms with Gasteiger partial charge in [0.1, 0.15) is 6.10 Å². The summed E-state index contributed by atoms with van der Waals surface area (Å²) < 4.78 is 39.9. The Hall–Kier alpha value is -1.45. The smallest absolute Gasteiger partial charge is 0.385 e. The van der Waals surface area contributed by atoms with Crippen molar-refractivity contribution in [1.82, 2.24) is 10.3 Å². The summed E-state index contributed by atoms with van der Waals surface area (Å²) in [6.45, 7) is -0.280. The predicted octanol–water partition coefficient (Wildman–Crippen LogP) is 4.09. The number of hydrogen-bond acceptors (Lipinski definition) is 3. The number of rotatable bonds is 4. The number of carbonyl (C=O) groups excluding carboxylic acids is 1. The third-order valence-electron chi connectivity index (χ3n) is 3.08. The molecule has 1 aromatic carbocycles. The van der Waals surface area contributed by atoms with Crippen LogP contribution in [0.5, 0.6) is 0 Å². The van der Waals surface area contributed by atoms with Crippen molar-refractivity contribution in [1.29, 1.82) is 0 Å². The molecule has 9 heteroatoms. The maximum atomic E-state index is 12.9. The van der Waals surface area contributed by atoms with Gasteiger partial charge in [0.15, 0.2) is 0 Å². The van der Waals surface area contributed by atoms with E-state index in [0.717, 1.165) is 12.1 Å². The molecule has 4 nitrogen and oxygen atoms in total. The van der Waals surface area contributed by atoms with Crippen molar-refractivity contribution in [3.05, 3.63) is 62.3 Å². The maximum Gasteiger partial charge on any atom is 0.417 e. The molecule has 0 bridgehead atoms. The Morgan fingerprint density at radius 1 is 1.29 bits per heavy atom. The Bertz CT molecular complexity index is 754. The fraction of sp³-hybridized carbons (Fsp3) is 0.200. The van der Waals surface area contributed by atoms with Crippen LogP contribution in [-0.4, -0.2) is 22.5 Å². The van der Waals surface area contributed by atoms with Crippen molar-refractivity contribution in [2.24, 2.45) is 0 Å². The zero-order valence-electron chi connectivity index (χ0n) is 11.9. The lowest BCUT2D eigenvalue weighted by Crippen LogP contribution is -2.30. The lowest BCUT2D eigenvalue weighted by molar-refractivity contribution is -0.137. The van der Waals surface area contributed by atoms with Gasteiger partial charge in [-0.25, -0.2) is 0 Å². The molecule has 0 aliphatic heterocycles. The minimum Gasteiger partial charge on any atom is -0.385 e. The van der Waals surface area contributed by atoms with Gasteiger partial charge in [-0.15, -0.1) is 0 Å². The van der Waals surface area contributed by atoms with Crippen LogP contribution >= 0.6 is 31.9 Å². The number of pyridine rings is 1. The Morgan fingerprint density at radius 2 is 1.96 bits per heavy atom.